The van der Waals surface area contributed by atoms with Crippen LogP contribution in [0.3, 0.4) is 0 Å². The molecule has 2 heterocycles. The van der Waals surface area contributed by atoms with Gasteiger partial charge in [-0.2, -0.15) is 5.10 Å². The summed E-state index contributed by atoms with van der Waals surface area (Å²) in [5.74, 6) is -0.174. The van der Waals surface area contributed by atoms with Crippen molar-refractivity contribution < 1.29 is 9.21 Å². The Morgan fingerprint density at radius 2 is 2.12 bits per heavy atom. The predicted molar refractivity (Wildman–Crippen MR) is 64.8 cm³/mol. The van der Waals surface area contributed by atoms with Crippen molar-refractivity contribution in [2.75, 3.05) is 0 Å². The fourth-order valence-corrected chi connectivity index (χ4v) is 1.86. The highest BCUT2D eigenvalue weighted by molar-refractivity contribution is 6.34. The number of halogens is 2. The van der Waals surface area contributed by atoms with Crippen molar-refractivity contribution in [2.45, 2.75) is 19.9 Å². The molecule has 0 aliphatic rings. The molecular weight excluding hydrogens is 263 g/mol. The molecule has 0 spiro atoms. The molecule has 0 unspecified atom stereocenters. The molecule has 0 atom stereocenters. The van der Waals surface area contributed by atoms with Gasteiger partial charge in [0.05, 0.1) is 11.2 Å². The van der Waals surface area contributed by atoms with Crippen molar-refractivity contribution in [3.8, 4) is 0 Å². The molecule has 4 nitrogen and oxygen atoms in total. The van der Waals surface area contributed by atoms with Gasteiger partial charge < -0.3 is 4.42 Å². The fourth-order valence-electron chi connectivity index (χ4n) is 1.50. The Hall–Kier alpha value is -1.26. The van der Waals surface area contributed by atoms with Crippen LogP contribution in [-0.2, 0) is 0 Å². The van der Waals surface area contributed by atoms with Crippen LogP contribution in [0.2, 0.25) is 10.2 Å². The van der Waals surface area contributed by atoms with Crippen LogP contribution in [0.15, 0.2) is 22.7 Å². The number of carbonyl (C=O) groups excluding carboxylic acids is 1. The Kier molecular flexibility index (Phi) is 3.26. The highest BCUT2D eigenvalue weighted by Crippen LogP contribution is 2.24. The van der Waals surface area contributed by atoms with Gasteiger partial charge in [0.2, 0.25) is 5.78 Å². The minimum atomic E-state index is -0.326. The highest BCUT2D eigenvalue weighted by atomic mass is 35.5. The maximum Gasteiger partial charge on any atom is 0.247 e. The lowest BCUT2D eigenvalue weighted by Crippen LogP contribution is -2.13. The van der Waals surface area contributed by atoms with Gasteiger partial charge in [0.1, 0.15) is 5.69 Å². The SMILES string of the molecule is CC(C)n1ncc(Cl)c1C(=O)c1ccc(Cl)o1. The molecule has 0 aliphatic carbocycles. The molecule has 2 rings (SSSR count). The van der Waals surface area contributed by atoms with E-state index < -0.39 is 0 Å². The van der Waals surface area contributed by atoms with E-state index in [1.165, 1.54) is 18.3 Å². The number of ketones is 1. The molecular formula is C11H10Cl2N2O2. The van der Waals surface area contributed by atoms with E-state index in [1.807, 2.05) is 13.8 Å². The molecule has 2 aromatic heterocycles. The van der Waals surface area contributed by atoms with Gasteiger partial charge in [-0.1, -0.05) is 11.6 Å². The van der Waals surface area contributed by atoms with Gasteiger partial charge in [-0.3, -0.25) is 9.48 Å². The van der Waals surface area contributed by atoms with E-state index >= 15 is 0 Å². The molecule has 2 aromatic rings. The lowest BCUT2D eigenvalue weighted by atomic mass is 10.2. The molecule has 90 valence electrons. The summed E-state index contributed by atoms with van der Waals surface area (Å²) in [5.41, 5.74) is 0.313. The van der Waals surface area contributed by atoms with Crippen LogP contribution in [0, 0.1) is 0 Å². The smallest absolute Gasteiger partial charge is 0.247 e. The van der Waals surface area contributed by atoms with E-state index in [0.29, 0.717) is 10.7 Å². The van der Waals surface area contributed by atoms with E-state index in [2.05, 4.69) is 5.10 Å². The first-order chi connectivity index (χ1) is 8.00. The zero-order valence-corrected chi connectivity index (χ0v) is 10.8. The van der Waals surface area contributed by atoms with Crippen molar-refractivity contribution in [1.82, 2.24) is 9.78 Å². The monoisotopic (exact) mass is 272 g/mol. The average Bonchev–Trinajstić information content (AvgIpc) is 2.83. The van der Waals surface area contributed by atoms with Gasteiger partial charge in [0.25, 0.3) is 0 Å². The standard InChI is InChI=1S/C11H10Cl2N2O2/c1-6(2)15-10(7(12)5-14-15)11(16)8-3-4-9(13)17-8/h3-6H,1-2H3. The minimum absolute atomic E-state index is 0.0342. The van der Waals surface area contributed by atoms with Gasteiger partial charge in [-0.25, -0.2) is 0 Å². The first kappa shape index (κ1) is 12.2. The van der Waals surface area contributed by atoms with Crippen LogP contribution in [0.25, 0.3) is 0 Å². The topological polar surface area (TPSA) is 48.0 Å². The summed E-state index contributed by atoms with van der Waals surface area (Å²) < 4.78 is 6.63. The lowest BCUT2D eigenvalue weighted by molar-refractivity contribution is 0.0997. The van der Waals surface area contributed by atoms with E-state index in [-0.39, 0.29) is 22.8 Å². The summed E-state index contributed by atoms with van der Waals surface area (Å²) in [6.45, 7) is 3.82. The Bertz CT molecular complexity index is 558. The quantitative estimate of drug-likeness (QED) is 0.803. The molecule has 0 N–H and O–H groups in total. The van der Waals surface area contributed by atoms with E-state index in [9.17, 15) is 4.79 Å². The van der Waals surface area contributed by atoms with Crippen molar-refractivity contribution >= 4 is 29.0 Å². The van der Waals surface area contributed by atoms with E-state index in [4.69, 9.17) is 27.6 Å². The van der Waals surface area contributed by atoms with Crippen molar-refractivity contribution in [3.05, 3.63) is 40.0 Å². The number of aromatic nitrogens is 2. The minimum Gasteiger partial charge on any atom is -0.441 e. The molecule has 0 aliphatic heterocycles. The second-order valence-corrected chi connectivity index (χ2v) is 4.59. The molecule has 6 heteroatoms. The number of rotatable bonds is 3. The normalized spacial score (nSPS) is 11.1. The summed E-state index contributed by atoms with van der Waals surface area (Å²) in [6.07, 6.45) is 1.44. The van der Waals surface area contributed by atoms with Crippen molar-refractivity contribution in [1.29, 1.82) is 0 Å². The van der Waals surface area contributed by atoms with Crippen LogP contribution in [0.5, 0.6) is 0 Å². The summed E-state index contributed by atoms with van der Waals surface area (Å²) in [5, 5.41) is 4.53. The van der Waals surface area contributed by atoms with Crippen LogP contribution >= 0.6 is 23.2 Å². The van der Waals surface area contributed by atoms with Crippen LogP contribution in [0.1, 0.15) is 36.1 Å². The zero-order valence-electron chi connectivity index (χ0n) is 9.28. The Morgan fingerprint density at radius 1 is 1.41 bits per heavy atom. The van der Waals surface area contributed by atoms with Gasteiger partial charge in [0, 0.05) is 6.04 Å². The molecule has 0 radical (unpaired) electrons. The fraction of sp³-hybridized carbons (Fsp3) is 0.273. The maximum atomic E-state index is 12.2. The van der Waals surface area contributed by atoms with Gasteiger partial charge in [0.15, 0.2) is 11.0 Å². The average molecular weight is 273 g/mol. The van der Waals surface area contributed by atoms with E-state index in [1.54, 1.807) is 4.68 Å². The summed E-state index contributed by atoms with van der Waals surface area (Å²) >= 11 is 11.6. The first-order valence-electron chi connectivity index (χ1n) is 5.03. The Labute approximate surface area is 108 Å². The number of carbonyl (C=O) groups is 1. The second-order valence-electron chi connectivity index (χ2n) is 3.81. The third kappa shape index (κ3) is 2.23. The summed E-state index contributed by atoms with van der Waals surface area (Å²) in [7, 11) is 0. The molecule has 0 aromatic carbocycles. The Balaban J connectivity index is 2.47. The lowest BCUT2D eigenvalue weighted by Gasteiger charge is -2.09. The summed E-state index contributed by atoms with van der Waals surface area (Å²) in [6, 6.07) is 3.06. The molecule has 17 heavy (non-hydrogen) atoms. The molecule has 0 bridgehead atoms. The molecule has 0 amide bonds. The van der Waals surface area contributed by atoms with Gasteiger partial charge in [-0.15, -0.1) is 0 Å². The Morgan fingerprint density at radius 3 is 2.65 bits per heavy atom. The van der Waals surface area contributed by atoms with Crippen LogP contribution in [-0.4, -0.2) is 15.6 Å². The van der Waals surface area contributed by atoms with Gasteiger partial charge >= 0.3 is 0 Å². The van der Waals surface area contributed by atoms with Crippen molar-refractivity contribution in [3.63, 3.8) is 0 Å². The molecule has 0 saturated carbocycles. The molecule has 0 fully saturated rings. The summed E-state index contributed by atoms with van der Waals surface area (Å²) in [4.78, 5) is 12.2. The van der Waals surface area contributed by atoms with E-state index in [0.717, 1.165) is 0 Å². The third-order valence-corrected chi connectivity index (χ3v) is 2.73. The van der Waals surface area contributed by atoms with Crippen molar-refractivity contribution in [2.24, 2.45) is 0 Å². The first-order valence-corrected chi connectivity index (χ1v) is 5.79. The second kappa shape index (κ2) is 4.55. The number of hydrogen-bond donors (Lipinski definition) is 0. The largest absolute Gasteiger partial charge is 0.441 e. The van der Waals surface area contributed by atoms with Crippen LogP contribution < -0.4 is 0 Å². The number of furan rings is 1. The highest BCUT2D eigenvalue weighted by Gasteiger charge is 2.23. The predicted octanol–water partition coefficient (Wildman–Crippen LogP) is 3.59. The molecule has 0 saturated heterocycles. The van der Waals surface area contributed by atoms with Gasteiger partial charge in [-0.05, 0) is 37.6 Å². The third-order valence-electron chi connectivity index (χ3n) is 2.25. The number of nitrogens with zero attached hydrogens (tertiary/aromatic N) is 2. The van der Waals surface area contributed by atoms with Crippen LogP contribution in [0.4, 0.5) is 0 Å². The number of hydrogen-bond acceptors (Lipinski definition) is 3. The zero-order chi connectivity index (χ0) is 12.6. The maximum absolute atomic E-state index is 12.2.